The molecule has 0 saturated heterocycles. The van der Waals surface area contributed by atoms with Crippen molar-refractivity contribution < 1.29 is 49.8 Å². The molecule has 0 radical (unpaired) electrons. The number of halogens is 8. The fraction of sp³-hybridized carbons (Fsp3) is 0.500. The van der Waals surface area contributed by atoms with Gasteiger partial charge in [-0.3, -0.25) is 14.4 Å². The molecule has 0 spiro atoms. The normalized spacial score (nSPS) is 12.8. The van der Waals surface area contributed by atoms with E-state index in [4.69, 9.17) is 10.8 Å². The van der Waals surface area contributed by atoms with Gasteiger partial charge in [-0.25, -0.2) is 13.5 Å². The van der Waals surface area contributed by atoms with Crippen LogP contribution in [0.3, 0.4) is 0 Å². The molecule has 52 heavy (non-hydrogen) atoms. The van der Waals surface area contributed by atoms with Crippen molar-refractivity contribution >= 4 is 11.9 Å². The molecule has 3 aromatic rings. The van der Waals surface area contributed by atoms with Gasteiger partial charge in [0.2, 0.25) is 5.91 Å². The van der Waals surface area contributed by atoms with Gasteiger partial charge in [0.15, 0.2) is 0 Å². The van der Waals surface area contributed by atoms with Crippen LogP contribution in [0, 0.1) is 18.6 Å². The number of benzene rings is 2. The summed E-state index contributed by atoms with van der Waals surface area (Å²) in [7, 11) is 3.52. The van der Waals surface area contributed by atoms with Crippen LogP contribution in [0.15, 0.2) is 35.1 Å². The van der Waals surface area contributed by atoms with E-state index in [-0.39, 0.29) is 36.1 Å². The van der Waals surface area contributed by atoms with Crippen LogP contribution < -0.4 is 11.3 Å². The van der Waals surface area contributed by atoms with Gasteiger partial charge in [0, 0.05) is 12.5 Å². The zero-order chi connectivity index (χ0) is 39.0. The Morgan fingerprint density at radius 3 is 2.08 bits per heavy atom. The van der Waals surface area contributed by atoms with E-state index < -0.39 is 77.0 Å². The first-order chi connectivity index (χ1) is 24.2. The highest BCUT2D eigenvalue weighted by Gasteiger charge is 2.37. The second kappa shape index (κ2) is 17.9. The molecule has 0 aliphatic heterocycles. The zero-order valence-electron chi connectivity index (χ0n) is 29.1. The van der Waals surface area contributed by atoms with Crippen LogP contribution in [0.4, 0.5) is 35.1 Å². The second-order valence-corrected chi connectivity index (χ2v) is 13.1. The number of primary amides is 1. The van der Waals surface area contributed by atoms with Gasteiger partial charge in [0.05, 0.1) is 16.8 Å². The maximum absolute atomic E-state index is 14.8. The van der Waals surface area contributed by atoms with Gasteiger partial charge in [-0.2, -0.15) is 31.4 Å². The molecular weight excluding hydrogens is 704 g/mol. The first-order valence-corrected chi connectivity index (χ1v) is 16.8. The van der Waals surface area contributed by atoms with Gasteiger partial charge >= 0.3 is 18.3 Å². The van der Waals surface area contributed by atoms with Crippen molar-refractivity contribution in [3.63, 3.8) is 0 Å². The number of hydrogen-bond donors (Lipinski definition) is 2. The summed E-state index contributed by atoms with van der Waals surface area (Å²) in [4.78, 5) is 37.8. The number of carbonyl (C=O) groups is 2. The molecule has 0 saturated carbocycles. The Kier molecular flexibility index (Phi) is 14.5. The molecule has 2 aromatic carbocycles. The van der Waals surface area contributed by atoms with Gasteiger partial charge in [-0.15, -0.1) is 0 Å². The van der Waals surface area contributed by atoms with E-state index in [1.54, 1.807) is 19.0 Å². The van der Waals surface area contributed by atoms with Gasteiger partial charge < -0.3 is 15.7 Å². The van der Waals surface area contributed by atoms with Crippen molar-refractivity contribution in [2.24, 2.45) is 5.73 Å². The third kappa shape index (κ3) is 11.6. The fourth-order valence-electron chi connectivity index (χ4n) is 6.17. The number of carboxylic acid groups (broad SMARTS) is 1. The van der Waals surface area contributed by atoms with Crippen LogP contribution in [-0.2, 0) is 41.2 Å². The summed E-state index contributed by atoms with van der Waals surface area (Å²) >= 11 is 0. The van der Waals surface area contributed by atoms with Crippen LogP contribution in [0.25, 0.3) is 11.1 Å². The Morgan fingerprint density at radius 1 is 0.846 bits per heavy atom. The quantitative estimate of drug-likeness (QED) is 0.102. The second-order valence-electron chi connectivity index (χ2n) is 13.1. The van der Waals surface area contributed by atoms with Gasteiger partial charge in [0.1, 0.15) is 17.7 Å². The van der Waals surface area contributed by atoms with Crippen molar-refractivity contribution in [1.29, 1.82) is 0 Å². The lowest BCUT2D eigenvalue weighted by Crippen LogP contribution is -2.37. The highest BCUT2D eigenvalue weighted by molar-refractivity contribution is 5.78. The molecule has 0 aliphatic carbocycles. The molecular formula is C36H42F8N4O4. The lowest BCUT2D eigenvalue weighted by Gasteiger charge is -2.19. The van der Waals surface area contributed by atoms with Crippen molar-refractivity contribution in [1.82, 2.24) is 14.7 Å². The molecule has 3 N–H and O–H groups in total. The van der Waals surface area contributed by atoms with Crippen molar-refractivity contribution in [2.75, 3.05) is 20.6 Å². The number of aryl methyl sites for hydroxylation is 4. The first kappa shape index (κ1) is 42.1. The Bertz CT molecular complexity index is 1790. The van der Waals surface area contributed by atoms with E-state index in [2.05, 4.69) is 5.10 Å². The van der Waals surface area contributed by atoms with Gasteiger partial charge in [0.25, 0.3) is 5.56 Å². The SMILES string of the molecule is Cc1cc(F)cc(CCCCCCCC(C(N)=O)n2nc(CCCN(C)C)c(C(F)(F)F)cc2=O)c1-c1cc(CCC(=O)O)c(F)c(C(F)(F)F)c1. The standard InChI is InChI=1S/C36H42F8N4O4/c1-21-16-25(37)18-22(32(21)24-17-23(13-14-31(50)51)33(38)27(19-24)36(42,43)44)10-7-5-4-6-8-12-29(34(45)52)48-30(49)20-26(35(39,40)41)28(46-48)11-9-15-47(2)3/h16-20,29H,4-15H2,1-3H3,(H2,45,52)(H,50,51). The third-order valence-electron chi connectivity index (χ3n) is 8.64. The predicted octanol–water partition coefficient (Wildman–Crippen LogP) is 7.66. The molecule has 1 amide bonds. The summed E-state index contributed by atoms with van der Waals surface area (Å²) in [6.45, 7) is 1.98. The maximum Gasteiger partial charge on any atom is 0.419 e. The van der Waals surface area contributed by atoms with E-state index in [9.17, 15) is 49.5 Å². The zero-order valence-corrected chi connectivity index (χ0v) is 29.1. The van der Waals surface area contributed by atoms with Crippen LogP contribution >= 0.6 is 0 Å². The summed E-state index contributed by atoms with van der Waals surface area (Å²) in [6.07, 6.45) is -7.96. The van der Waals surface area contributed by atoms with Crippen LogP contribution in [-0.4, -0.2) is 52.3 Å². The topological polar surface area (TPSA) is 119 Å². The van der Waals surface area contributed by atoms with Crippen molar-refractivity contribution in [2.45, 2.75) is 95.9 Å². The molecule has 1 aromatic heterocycles. The lowest BCUT2D eigenvalue weighted by molar-refractivity contribution is -0.140. The van der Waals surface area contributed by atoms with E-state index in [0.717, 1.165) is 12.1 Å². The highest BCUT2D eigenvalue weighted by Crippen LogP contribution is 2.39. The average Bonchev–Trinajstić information content (AvgIpc) is 3.01. The van der Waals surface area contributed by atoms with Crippen LogP contribution in [0.5, 0.6) is 0 Å². The number of carboxylic acids is 1. The van der Waals surface area contributed by atoms with Crippen LogP contribution in [0.2, 0.25) is 0 Å². The molecule has 0 fully saturated rings. The molecule has 1 atom stereocenters. The number of carbonyl (C=O) groups excluding carboxylic acids is 1. The molecule has 3 rings (SSSR count). The summed E-state index contributed by atoms with van der Waals surface area (Å²) in [5.74, 6) is -4.42. The number of amides is 1. The number of rotatable bonds is 18. The van der Waals surface area contributed by atoms with Crippen molar-refractivity contribution in [3.8, 4) is 11.1 Å². The predicted molar refractivity (Wildman–Crippen MR) is 178 cm³/mol. The van der Waals surface area contributed by atoms with Crippen molar-refractivity contribution in [3.05, 3.63) is 85.8 Å². The third-order valence-corrected chi connectivity index (χ3v) is 8.64. The number of nitrogens with two attached hydrogens (primary N) is 1. The molecule has 286 valence electrons. The highest BCUT2D eigenvalue weighted by atomic mass is 19.4. The fourth-order valence-corrected chi connectivity index (χ4v) is 6.17. The monoisotopic (exact) mass is 746 g/mol. The number of nitrogens with zero attached hydrogens (tertiary/aromatic N) is 3. The summed E-state index contributed by atoms with van der Waals surface area (Å²) < 4.78 is 112. The van der Waals surface area contributed by atoms with E-state index in [1.165, 1.54) is 13.0 Å². The minimum atomic E-state index is -5.07. The molecule has 16 heteroatoms. The van der Waals surface area contributed by atoms with E-state index in [0.29, 0.717) is 73.0 Å². The molecule has 0 aliphatic rings. The lowest BCUT2D eigenvalue weighted by atomic mass is 9.89. The Labute approximate surface area is 295 Å². The smallest absolute Gasteiger partial charge is 0.419 e. The number of aromatic nitrogens is 2. The minimum Gasteiger partial charge on any atom is -0.481 e. The summed E-state index contributed by atoms with van der Waals surface area (Å²) in [6, 6.07) is 3.29. The number of aliphatic carboxylic acids is 1. The average molecular weight is 747 g/mol. The van der Waals surface area contributed by atoms with E-state index in [1.807, 2.05) is 0 Å². The van der Waals surface area contributed by atoms with E-state index >= 15 is 0 Å². The number of hydrogen-bond acceptors (Lipinski definition) is 5. The molecule has 1 unspecified atom stereocenters. The van der Waals surface area contributed by atoms with Gasteiger partial charge in [-0.05, 0) is 118 Å². The Hall–Kier alpha value is -4.34. The molecule has 8 nitrogen and oxygen atoms in total. The minimum absolute atomic E-state index is 0.0212. The van der Waals surface area contributed by atoms with Gasteiger partial charge in [-0.1, -0.05) is 25.7 Å². The number of unbranched alkanes of at least 4 members (excludes halogenated alkanes) is 4. The first-order valence-electron chi connectivity index (χ1n) is 16.8. The Balaban J connectivity index is 1.72. The summed E-state index contributed by atoms with van der Waals surface area (Å²) in [5, 5.41) is 13.0. The van der Waals surface area contributed by atoms with Crippen LogP contribution in [0.1, 0.15) is 90.9 Å². The largest absolute Gasteiger partial charge is 0.481 e. The molecule has 0 bridgehead atoms. The maximum atomic E-state index is 14.8. The molecule has 1 heterocycles. The summed E-state index contributed by atoms with van der Waals surface area (Å²) in [5.41, 5.74) is 1.88. The number of alkyl halides is 6. The Morgan fingerprint density at radius 2 is 1.48 bits per heavy atom.